The van der Waals surface area contributed by atoms with E-state index in [2.05, 4.69) is 0 Å². The zero-order valence-electron chi connectivity index (χ0n) is 21.6. The molecule has 5 aliphatic rings. The second-order valence-corrected chi connectivity index (χ2v) is 12.8. The van der Waals surface area contributed by atoms with Crippen LogP contribution in [-0.4, -0.2) is 69.2 Å². The van der Waals surface area contributed by atoms with Crippen LogP contribution in [0.25, 0.3) is 0 Å². The van der Waals surface area contributed by atoms with Crippen LogP contribution in [0, 0.1) is 28.1 Å². The van der Waals surface area contributed by atoms with Gasteiger partial charge in [-0.2, -0.15) is 0 Å². The third-order valence-corrected chi connectivity index (χ3v) is 11.2. The molecule has 2 saturated heterocycles. The molecule has 1 spiro atoms. The van der Waals surface area contributed by atoms with Gasteiger partial charge in [0, 0.05) is 22.8 Å². The number of carbonyl (C=O) groups is 3. The highest BCUT2D eigenvalue weighted by molar-refractivity contribution is 5.94. The number of ketones is 1. The average Bonchev–Trinajstić information content (AvgIpc) is 3.50. The van der Waals surface area contributed by atoms with Gasteiger partial charge in [0.1, 0.15) is 28.7 Å². The van der Waals surface area contributed by atoms with Gasteiger partial charge in [-0.05, 0) is 37.7 Å². The van der Waals surface area contributed by atoms with Gasteiger partial charge in [-0.3, -0.25) is 9.59 Å². The normalized spacial score (nSPS) is 50.2. The number of hydrogen-bond acceptors (Lipinski definition) is 10. The molecule has 10 atom stereocenters. The Morgan fingerprint density at radius 3 is 2.46 bits per heavy atom. The van der Waals surface area contributed by atoms with Crippen molar-refractivity contribution in [3.8, 4) is 0 Å². The van der Waals surface area contributed by atoms with Gasteiger partial charge in [0.15, 0.2) is 6.10 Å². The van der Waals surface area contributed by atoms with E-state index >= 15 is 0 Å². The molecule has 1 aromatic rings. The lowest BCUT2D eigenvalue weighted by atomic mass is 9.35. The number of aliphatic hydroxyl groups excluding tert-OH is 1. The van der Waals surface area contributed by atoms with Crippen LogP contribution >= 0.6 is 0 Å². The predicted octanol–water partition coefficient (Wildman–Crippen LogP) is 1.45. The van der Waals surface area contributed by atoms with Gasteiger partial charge in [-0.1, -0.05) is 20.8 Å². The molecule has 3 heterocycles. The number of fused-ring (bicyclic) bond motifs is 3. The summed E-state index contributed by atoms with van der Waals surface area (Å²) in [6.45, 7) is 6.99. The molecule has 6 rings (SSSR count). The summed E-state index contributed by atoms with van der Waals surface area (Å²) in [5.74, 6) is -3.64. The quantitative estimate of drug-likeness (QED) is 0.501. The Morgan fingerprint density at radius 2 is 1.84 bits per heavy atom. The molecule has 0 amide bonds. The van der Waals surface area contributed by atoms with Crippen LogP contribution < -0.4 is 0 Å². The molecule has 10 heteroatoms. The first-order valence-corrected chi connectivity index (χ1v) is 12.8. The fraction of sp³-hybridized carbons (Fsp3) is 0.741. The van der Waals surface area contributed by atoms with E-state index in [1.807, 2.05) is 6.92 Å². The molecule has 3 N–H and O–H groups in total. The monoisotopic (exact) mass is 518 g/mol. The lowest BCUT2D eigenvalue weighted by Gasteiger charge is -2.71. The molecule has 2 aliphatic heterocycles. The molecular formula is C27H34O10. The van der Waals surface area contributed by atoms with Crippen molar-refractivity contribution in [3.63, 3.8) is 0 Å². The molecule has 37 heavy (non-hydrogen) atoms. The van der Waals surface area contributed by atoms with E-state index in [1.165, 1.54) is 12.5 Å². The fourth-order valence-corrected chi connectivity index (χ4v) is 9.49. The molecule has 3 bridgehead atoms. The third kappa shape index (κ3) is 2.41. The Hall–Kier alpha value is -2.27. The minimum absolute atomic E-state index is 0.0138. The SMILES string of the molecule is COC(=O)C(O)[C@H]1C(C)(C)[C@@H]2O[C@@]34C[C@H]2C(=O)[C@@]1(C)[C@@]3(O)CC[C@@]1(C)[C@H](c2ccoc2)OC(=O)C[C@@]41O. The van der Waals surface area contributed by atoms with Crippen molar-refractivity contribution in [1.29, 1.82) is 0 Å². The van der Waals surface area contributed by atoms with Crippen molar-refractivity contribution < 1.29 is 48.3 Å². The number of ether oxygens (including phenoxy) is 3. The number of aliphatic hydroxyl groups is 3. The van der Waals surface area contributed by atoms with Crippen molar-refractivity contribution in [3.05, 3.63) is 24.2 Å². The molecule has 1 aromatic heterocycles. The lowest BCUT2D eigenvalue weighted by Crippen LogP contribution is -2.85. The Kier molecular flexibility index (Phi) is 4.75. The minimum atomic E-state index is -2.00. The van der Waals surface area contributed by atoms with Crippen molar-refractivity contribution in [2.75, 3.05) is 7.11 Å². The van der Waals surface area contributed by atoms with Crippen molar-refractivity contribution in [1.82, 2.24) is 0 Å². The molecule has 3 saturated carbocycles. The van der Waals surface area contributed by atoms with E-state index in [-0.39, 0.29) is 25.0 Å². The van der Waals surface area contributed by atoms with Crippen LogP contribution in [0.5, 0.6) is 0 Å². The van der Waals surface area contributed by atoms with Crippen LogP contribution in [0.15, 0.2) is 23.0 Å². The third-order valence-electron chi connectivity index (χ3n) is 11.2. The molecule has 0 aromatic carbocycles. The van der Waals surface area contributed by atoms with Gasteiger partial charge in [-0.25, -0.2) is 4.79 Å². The number of carbonyl (C=O) groups excluding carboxylic acids is 3. The molecule has 5 fully saturated rings. The number of methoxy groups -OCH3 is 1. The highest BCUT2D eigenvalue weighted by atomic mass is 16.6. The van der Waals surface area contributed by atoms with Crippen molar-refractivity contribution in [2.24, 2.45) is 28.1 Å². The molecule has 202 valence electrons. The zero-order valence-corrected chi connectivity index (χ0v) is 21.6. The van der Waals surface area contributed by atoms with Crippen LogP contribution in [-0.2, 0) is 28.6 Å². The molecule has 10 nitrogen and oxygen atoms in total. The van der Waals surface area contributed by atoms with Crippen molar-refractivity contribution in [2.45, 2.75) is 88.5 Å². The Bertz CT molecular complexity index is 1190. The maximum atomic E-state index is 14.1. The zero-order chi connectivity index (χ0) is 27.0. The Morgan fingerprint density at radius 1 is 1.14 bits per heavy atom. The van der Waals surface area contributed by atoms with E-state index in [4.69, 9.17) is 18.6 Å². The summed E-state index contributed by atoms with van der Waals surface area (Å²) in [4.78, 5) is 39.8. The summed E-state index contributed by atoms with van der Waals surface area (Å²) in [5.41, 5.74) is -8.82. The second kappa shape index (κ2) is 7.02. The van der Waals surface area contributed by atoms with Crippen LogP contribution in [0.4, 0.5) is 0 Å². The summed E-state index contributed by atoms with van der Waals surface area (Å²) in [6, 6.07) is 1.67. The van der Waals surface area contributed by atoms with Gasteiger partial charge < -0.3 is 33.9 Å². The van der Waals surface area contributed by atoms with Gasteiger partial charge in [0.25, 0.3) is 0 Å². The average molecular weight is 519 g/mol. The molecule has 3 aliphatic carbocycles. The molecule has 1 unspecified atom stereocenters. The van der Waals surface area contributed by atoms with E-state index in [9.17, 15) is 29.7 Å². The van der Waals surface area contributed by atoms with Crippen LogP contribution in [0.2, 0.25) is 0 Å². The highest BCUT2D eigenvalue weighted by Gasteiger charge is 2.90. The van der Waals surface area contributed by atoms with E-state index < -0.39 is 81.6 Å². The van der Waals surface area contributed by atoms with E-state index in [0.717, 1.165) is 7.11 Å². The topological polar surface area (TPSA) is 153 Å². The smallest absolute Gasteiger partial charge is 0.335 e. The molecule has 0 radical (unpaired) electrons. The first kappa shape index (κ1) is 25.0. The lowest BCUT2D eigenvalue weighted by molar-refractivity contribution is -0.359. The van der Waals surface area contributed by atoms with Crippen LogP contribution in [0.3, 0.4) is 0 Å². The number of Topliss-reactive ketones (excluding diaryl/α,β-unsaturated/α-hetero) is 1. The van der Waals surface area contributed by atoms with Gasteiger partial charge in [0.2, 0.25) is 0 Å². The summed E-state index contributed by atoms with van der Waals surface area (Å²) < 4.78 is 22.6. The second-order valence-electron chi connectivity index (χ2n) is 12.8. The Labute approximate surface area is 214 Å². The highest BCUT2D eigenvalue weighted by Crippen LogP contribution is 2.78. The first-order chi connectivity index (χ1) is 17.2. The largest absolute Gasteiger partial charge is 0.472 e. The number of furan rings is 1. The molecular weight excluding hydrogens is 484 g/mol. The maximum Gasteiger partial charge on any atom is 0.335 e. The fourth-order valence-electron chi connectivity index (χ4n) is 9.49. The van der Waals surface area contributed by atoms with Gasteiger partial charge >= 0.3 is 11.9 Å². The first-order valence-electron chi connectivity index (χ1n) is 12.8. The van der Waals surface area contributed by atoms with Crippen molar-refractivity contribution >= 4 is 17.7 Å². The Balaban J connectivity index is 1.60. The summed E-state index contributed by atoms with van der Waals surface area (Å²) in [6.07, 6.45) is -0.701. The number of rotatable bonds is 3. The van der Waals surface area contributed by atoms with Gasteiger partial charge in [-0.15, -0.1) is 0 Å². The number of cyclic esters (lactones) is 1. The number of hydrogen-bond donors (Lipinski definition) is 3. The van der Waals surface area contributed by atoms with E-state index in [1.54, 1.807) is 26.8 Å². The standard InChI is InChI=1S/C27H34O10/c1-22(2)17(16(29)21(31)34-5)24(4)18(30)14-10-27(37-20(14)22)25(24,32)8-7-23(3)19(13-6-9-35-12-13)36-15(28)11-26(23,27)33/h6,9,12,14,16-17,19-20,29,32-33H,7-8,10-11H2,1-5H3/t14-,16?,17-,19-,20+,23-,24-,25-,26-,27-/m0/s1. The summed E-state index contributed by atoms with van der Waals surface area (Å²) >= 11 is 0. The summed E-state index contributed by atoms with van der Waals surface area (Å²) in [7, 11) is 1.15. The summed E-state index contributed by atoms with van der Waals surface area (Å²) in [5, 5.41) is 36.8. The van der Waals surface area contributed by atoms with Gasteiger partial charge in [0.05, 0.1) is 37.6 Å². The number of esters is 2. The minimum Gasteiger partial charge on any atom is -0.472 e. The predicted molar refractivity (Wildman–Crippen MR) is 124 cm³/mol. The maximum absolute atomic E-state index is 14.1. The van der Waals surface area contributed by atoms with E-state index in [0.29, 0.717) is 5.56 Å². The van der Waals surface area contributed by atoms with Crippen LogP contribution in [0.1, 0.15) is 65.0 Å².